The molecule has 0 saturated carbocycles. The van der Waals surface area contributed by atoms with E-state index in [-0.39, 0.29) is 6.04 Å². The summed E-state index contributed by atoms with van der Waals surface area (Å²) in [5.74, 6) is 2.71. The summed E-state index contributed by atoms with van der Waals surface area (Å²) in [6, 6.07) is 10.3. The molecule has 0 amide bonds. The average molecular weight is 372 g/mol. The standard InChI is InChI=1S/C21H22ClNO3/c1-24-17-10-12(11-18(25-2)21(17)26-3)19-14-7-4-6-13(14)15-8-5-9-16(22)20(15)23-19/h4-6,8-11,13-14,19,23H,7H2,1-3H3/t13-,14-,19-/m1/s1. The number of halogens is 1. The van der Waals surface area contributed by atoms with Crippen LogP contribution in [0.3, 0.4) is 0 Å². The number of para-hydroxylation sites is 1. The summed E-state index contributed by atoms with van der Waals surface area (Å²) < 4.78 is 16.5. The van der Waals surface area contributed by atoms with Crippen molar-refractivity contribution in [3.8, 4) is 17.2 Å². The van der Waals surface area contributed by atoms with Crippen LogP contribution < -0.4 is 19.5 Å². The van der Waals surface area contributed by atoms with Crippen LogP contribution in [-0.4, -0.2) is 21.3 Å². The first-order valence-corrected chi connectivity index (χ1v) is 9.07. The molecule has 1 N–H and O–H groups in total. The quantitative estimate of drug-likeness (QED) is 0.750. The molecule has 2 aromatic carbocycles. The molecule has 0 saturated heterocycles. The Labute approximate surface area is 158 Å². The molecule has 0 radical (unpaired) electrons. The number of anilines is 1. The highest BCUT2D eigenvalue weighted by molar-refractivity contribution is 6.33. The summed E-state index contributed by atoms with van der Waals surface area (Å²) >= 11 is 6.49. The molecule has 0 fully saturated rings. The molecule has 26 heavy (non-hydrogen) atoms. The van der Waals surface area contributed by atoms with Gasteiger partial charge in [-0.2, -0.15) is 0 Å². The Bertz CT molecular complexity index is 839. The third kappa shape index (κ3) is 2.60. The van der Waals surface area contributed by atoms with E-state index in [1.165, 1.54) is 5.56 Å². The van der Waals surface area contributed by atoms with Gasteiger partial charge in [0.1, 0.15) is 0 Å². The normalized spacial score (nSPS) is 23.0. The van der Waals surface area contributed by atoms with Crippen LogP contribution in [0.5, 0.6) is 17.2 Å². The number of hydrogen-bond donors (Lipinski definition) is 1. The number of allylic oxidation sites excluding steroid dienone is 2. The predicted octanol–water partition coefficient (Wildman–Crippen LogP) is 5.19. The van der Waals surface area contributed by atoms with Crippen molar-refractivity contribution in [3.63, 3.8) is 0 Å². The van der Waals surface area contributed by atoms with Gasteiger partial charge in [-0.3, -0.25) is 0 Å². The van der Waals surface area contributed by atoms with Gasteiger partial charge in [-0.05, 0) is 41.7 Å². The summed E-state index contributed by atoms with van der Waals surface area (Å²) in [5, 5.41) is 4.42. The molecule has 0 aromatic heterocycles. The highest BCUT2D eigenvalue weighted by atomic mass is 35.5. The SMILES string of the molecule is COc1cc([C@H]2Nc3c(Cl)cccc3[C@@H]3C=CC[C@@H]23)cc(OC)c1OC. The van der Waals surface area contributed by atoms with Gasteiger partial charge in [0.2, 0.25) is 5.75 Å². The van der Waals surface area contributed by atoms with Gasteiger partial charge in [-0.15, -0.1) is 0 Å². The smallest absolute Gasteiger partial charge is 0.203 e. The number of ether oxygens (including phenoxy) is 3. The number of rotatable bonds is 4. The van der Waals surface area contributed by atoms with Gasteiger partial charge in [0.05, 0.1) is 38.1 Å². The van der Waals surface area contributed by atoms with E-state index in [9.17, 15) is 0 Å². The van der Waals surface area contributed by atoms with E-state index in [0.717, 1.165) is 22.7 Å². The second-order valence-electron chi connectivity index (χ2n) is 6.64. The van der Waals surface area contributed by atoms with E-state index in [0.29, 0.717) is 29.1 Å². The van der Waals surface area contributed by atoms with Gasteiger partial charge < -0.3 is 19.5 Å². The predicted molar refractivity (Wildman–Crippen MR) is 104 cm³/mol. The lowest BCUT2D eigenvalue weighted by molar-refractivity contribution is 0.322. The van der Waals surface area contributed by atoms with Crippen LogP contribution in [0.25, 0.3) is 0 Å². The fourth-order valence-corrected chi connectivity index (χ4v) is 4.43. The Kier molecular flexibility index (Phi) is 4.45. The van der Waals surface area contributed by atoms with Crippen LogP contribution in [0, 0.1) is 5.92 Å². The number of fused-ring (bicyclic) bond motifs is 3. The first-order valence-electron chi connectivity index (χ1n) is 8.69. The highest BCUT2D eigenvalue weighted by Gasteiger charge is 2.39. The first kappa shape index (κ1) is 17.1. The number of methoxy groups -OCH3 is 3. The molecule has 2 aliphatic rings. The van der Waals surface area contributed by atoms with Crippen LogP contribution in [0.1, 0.15) is 29.5 Å². The van der Waals surface area contributed by atoms with E-state index in [2.05, 4.69) is 23.5 Å². The van der Waals surface area contributed by atoms with E-state index >= 15 is 0 Å². The molecular formula is C21H22ClNO3. The van der Waals surface area contributed by atoms with Crippen molar-refractivity contribution in [2.45, 2.75) is 18.4 Å². The van der Waals surface area contributed by atoms with Crippen molar-refractivity contribution < 1.29 is 14.2 Å². The molecule has 136 valence electrons. The van der Waals surface area contributed by atoms with E-state index < -0.39 is 0 Å². The lowest BCUT2D eigenvalue weighted by Gasteiger charge is -2.38. The maximum atomic E-state index is 6.49. The van der Waals surface area contributed by atoms with Gasteiger partial charge in [-0.25, -0.2) is 0 Å². The topological polar surface area (TPSA) is 39.7 Å². The zero-order chi connectivity index (χ0) is 18.3. The van der Waals surface area contributed by atoms with Crippen LogP contribution >= 0.6 is 11.6 Å². The van der Waals surface area contributed by atoms with E-state index in [1.54, 1.807) is 21.3 Å². The molecule has 1 aliphatic carbocycles. The maximum absolute atomic E-state index is 6.49. The molecule has 4 rings (SSSR count). The summed E-state index contributed by atoms with van der Waals surface area (Å²) in [5.41, 5.74) is 3.38. The minimum absolute atomic E-state index is 0.108. The molecular weight excluding hydrogens is 350 g/mol. The Morgan fingerprint density at radius 2 is 1.77 bits per heavy atom. The van der Waals surface area contributed by atoms with Crippen LogP contribution in [0.2, 0.25) is 5.02 Å². The molecule has 4 nitrogen and oxygen atoms in total. The molecule has 0 spiro atoms. The summed E-state index contributed by atoms with van der Waals surface area (Å²) in [6.07, 6.45) is 5.58. The van der Waals surface area contributed by atoms with Crippen molar-refractivity contribution in [3.05, 3.63) is 58.6 Å². The second-order valence-corrected chi connectivity index (χ2v) is 7.05. The third-order valence-corrected chi connectivity index (χ3v) is 5.71. The van der Waals surface area contributed by atoms with E-state index in [4.69, 9.17) is 25.8 Å². The molecule has 3 atom stereocenters. The zero-order valence-corrected chi connectivity index (χ0v) is 15.8. The minimum atomic E-state index is 0.108. The molecule has 0 unspecified atom stereocenters. The molecule has 5 heteroatoms. The lowest BCUT2D eigenvalue weighted by Crippen LogP contribution is -2.29. The van der Waals surface area contributed by atoms with Gasteiger partial charge >= 0.3 is 0 Å². The average Bonchev–Trinajstić information content (AvgIpc) is 3.16. The number of nitrogens with one attached hydrogen (secondary N) is 1. The molecule has 0 bridgehead atoms. The van der Waals surface area contributed by atoms with Gasteiger partial charge in [0, 0.05) is 5.92 Å². The lowest BCUT2D eigenvalue weighted by atomic mass is 9.77. The zero-order valence-electron chi connectivity index (χ0n) is 15.1. The number of benzene rings is 2. The maximum Gasteiger partial charge on any atom is 0.203 e. The Morgan fingerprint density at radius 3 is 2.42 bits per heavy atom. The third-order valence-electron chi connectivity index (χ3n) is 5.39. The second kappa shape index (κ2) is 6.76. The minimum Gasteiger partial charge on any atom is -0.493 e. The highest BCUT2D eigenvalue weighted by Crippen LogP contribution is 2.52. The Balaban J connectivity index is 1.82. The largest absolute Gasteiger partial charge is 0.493 e. The summed E-state index contributed by atoms with van der Waals surface area (Å²) in [7, 11) is 4.90. The van der Waals surface area contributed by atoms with Crippen LogP contribution in [0.15, 0.2) is 42.5 Å². The van der Waals surface area contributed by atoms with Crippen molar-refractivity contribution in [2.75, 3.05) is 26.6 Å². The first-order chi connectivity index (χ1) is 12.7. The van der Waals surface area contributed by atoms with E-state index in [1.807, 2.05) is 24.3 Å². The van der Waals surface area contributed by atoms with Crippen molar-refractivity contribution in [1.29, 1.82) is 0 Å². The van der Waals surface area contributed by atoms with Crippen LogP contribution in [-0.2, 0) is 0 Å². The Hall–Kier alpha value is -2.33. The number of hydrogen-bond acceptors (Lipinski definition) is 4. The summed E-state index contributed by atoms with van der Waals surface area (Å²) in [4.78, 5) is 0. The van der Waals surface area contributed by atoms with Crippen molar-refractivity contribution >= 4 is 17.3 Å². The van der Waals surface area contributed by atoms with Crippen molar-refractivity contribution in [2.24, 2.45) is 5.92 Å². The molecule has 1 heterocycles. The van der Waals surface area contributed by atoms with Crippen molar-refractivity contribution in [1.82, 2.24) is 0 Å². The molecule has 1 aliphatic heterocycles. The fraction of sp³-hybridized carbons (Fsp3) is 0.333. The monoisotopic (exact) mass is 371 g/mol. The van der Waals surface area contributed by atoms with Gasteiger partial charge in [-0.1, -0.05) is 35.9 Å². The Morgan fingerprint density at radius 1 is 1.04 bits per heavy atom. The molecule has 2 aromatic rings. The van der Waals surface area contributed by atoms with Gasteiger partial charge in [0.25, 0.3) is 0 Å². The summed E-state index contributed by atoms with van der Waals surface area (Å²) in [6.45, 7) is 0. The fourth-order valence-electron chi connectivity index (χ4n) is 4.19. The van der Waals surface area contributed by atoms with Gasteiger partial charge in [0.15, 0.2) is 11.5 Å². The van der Waals surface area contributed by atoms with Crippen LogP contribution in [0.4, 0.5) is 5.69 Å².